The molecular formula is C25H23NO5. The monoisotopic (exact) mass is 417 g/mol. The van der Waals surface area contributed by atoms with Crippen molar-refractivity contribution in [3.05, 3.63) is 66.0 Å². The van der Waals surface area contributed by atoms with Crippen LogP contribution in [0.25, 0.3) is 11.1 Å². The Kier molecular flexibility index (Phi) is 4.77. The summed E-state index contributed by atoms with van der Waals surface area (Å²) in [6.45, 7) is 0.230. The summed E-state index contributed by atoms with van der Waals surface area (Å²) in [5.74, 6) is 3.12. The summed E-state index contributed by atoms with van der Waals surface area (Å²) in [5.41, 5.74) is 3.12. The molecule has 5 rings (SSSR count). The highest BCUT2D eigenvalue weighted by Gasteiger charge is 2.50. The van der Waals surface area contributed by atoms with E-state index in [9.17, 15) is 4.79 Å². The molecule has 158 valence electrons. The third-order valence-electron chi connectivity index (χ3n) is 6.09. The summed E-state index contributed by atoms with van der Waals surface area (Å²) in [6, 6.07) is 15.3. The number of Topliss-reactive ketones (excluding diaryl/α,β-unsaturated/α-hetero) is 1. The van der Waals surface area contributed by atoms with E-state index in [0.29, 0.717) is 12.2 Å². The minimum Gasteiger partial charge on any atom is -0.497 e. The second-order valence-electron chi connectivity index (χ2n) is 7.85. The van der Waals surface area contributed by atoms with Gasteiger partial charge in [-0.25, -0.2) is 0 Å². The van der Waals surface area contributed by atoms with Crippen molar-refractivity contribution in [1.82, 2.24) is 4.98 Å². The molecule has 0 saturated heterocycles. The largest absolute Gasteiger partial charge is 0.497 e. The van der Waals surface area contributed by atoms with Crippen LogP contribution >= 0.6 is 0 Å². The molecule has 1 aliphatic heterocycles. The van der Waals surface area contributed by atoms with Gasteiger partial charge in [0, 0.05) is 29.4 Å². The van der Waals surface area contributed by atoms with Crippen LogP contribution < -0.4 is 18.9 Å². The molecule has 1 saturated carbocycles. The maximum absolute atomic E-state index is 13.2. The summed E-state index contributed by atoms with van der Waals surface area (Å²) in [7, 11) is 3.27. The first-order valence-corrected chi connectivity index (χ1v) is 10.2. The molecule has 0 N–H and O–H groups in total. The minimum atomic E-state index is -0.433. The predicted molar refractivity (Wildman–Crippen MR) is 115 cm³/mol. The first kappa shape index (κ1) is 19.4. The summed E-state index contributed by atoms with van der Waals surface area (Å²) < 4.78 is 21.7. The summed E-state index contributed by atoms with van der Waals surface area (Å²) >= 11 is 0. The molecule has 31 heavy (non-hydrogen) atoms. The van der Waals surface area contributed by atoms with Crippen LogP contribution in [-0.2, 0) is 16.6 Å². The van der Waals surface area contributed by atoms with Crippen LogP contribution in [0.15, 0.2) is 54.7 Å². The molecule has 2 heterocycles. The topological polar surface area (TPSA) is 66.9 Å². The molecule has 3 aromatic rings. The van der Waals surface area contributed by atoms with E-state index in [0.717, 1.165) is 52.5 Å². The van der Waals surface area contributed by atoms with Gasteiger partial charge in [-0.1, -0.05) is 12.1 Å². The first-order chi connectivity index (χ1) is 15.1. The SMILES string of the molecule is COc1ccc(OC)c(-c2ccc(CC(=O)C3(c4ccc5c(c4)OCO5)CC3)nc2)c1. The highest BCUT2D eigenvalue weighted by Crippen LogP contribution is 2.51. The van der Waals surface area contributed by atoms with Gasteiger partial charge < -0.3 is 18.9 Å². The second-order valence-corrected chi connectivity index (χ2v) is 7.85. The molecule has 1 fully saturated rings. The van der Waals surface area contributed by atoms with Crippen LogP contribution in [0.4, 0.5) is 0 Å². The normalized spacial score (nSPS) is 15.4. The Hall–Kier alpha value is -3.54. The van der Waals surface area contributed by atoms with E-state index in [-0.39, 0.29) is 12.6 Å². The van der Waals surface area contributed by atoms with Crippen molar-refractivity contribution in [2.24, 2.45) is 0 Å². The van der Waals surface area contributed by atoms with Gasteiger partial charge in [0.05, 0.1) is 19.6 Å². The van der Waals surface area contributed by atoms with E-state index < -0.39 is 5.41 Å². The van der Waals surface area contributed by atoms with Gasteiger partial charge in [-0.15, -0.1) is 0 Å². The number of fused-ring (bicyclic) bond motifs is 1. The van der Waals surface area contributed by atoms with Crippen molar-refractivity contribution in [2.75, 3.05) is 21.0 Å². The Morgan fingerprint density at radius 2 is 1.84 bits per heavy atom. The molecule has 0 spiro atoms. The van der Waals surface area contributed by atoms with Crippen molar-refractivity contribution in [3.8, 4) is 34.1 Å². The van der Waals surface area contributed by atoms with Crippen molar-refractivity contribution in [3.63, 3.8) is 0 Å². The Balaban J connectivity index is 1.35. The highest BCUT2D eigenvalue weighted by molar-refractivity contribution is 5.94. The zero-order valence-corrected chi connectivity index (χ0v) is 17.5. The van der Waals surface area contributed by atoms with E-state index in [1.165, 1.54) is 0 Å². The van der Waals surface area contributed by atoms with Crippen LogP contribution in [0.2, 0.25) is 0 Å². The van der Waals surface area contributed by atoms with E-state index in [4.69, 9.17) is 18.9 Å². The Labute approximate surface area is 180 Å². The number of nitrogens with zero attached hydrogens (tertiary/aromatic N) is 1. The lowest BCUT2D eigenvalue weighted by Gasteiger charge is -2.15. The third-order valence-corrected chi connectivity index (χ3v) is 6.09. The fourth-order valence-corrected chi connectivity index (χ4v) is 4.11. The number of hydrogen-bond donors (Lipinski definition) is 0. The summed E-state index contributed by atoms with van der Waals surface area (Å²) in [6.07, 6.45) is 3.78. The number of benzene rings is 2. The molecule has 1 aliphatic carbocycles. The lowest BCUT2D eigenvalue weighted by atomic mass is 9.88. The van der Waals surface area contributed by atoms with Crippen molar-refractivity contribution in [1.29, 1.82) is 0 Å². The Bertz CT molecular complexity index is 1140. The lowest BCUT2D eigenvalue weighted by molar-refractivity contribution is -0.120. The number of hydrogen-bond acceptors (Lipinski definition) is 6. The van der Waals surface area contributed by atoms with E-state index in [1.807, 2.05) is 48.5 Å². The molecule has 6 heteroatoms. The molecule has 0 amide bonds. The molecular weight excluding hydrogens is 394 g/mol. The molecule has 0 atom stereocenters. The van der Waals surface area contributed by atoms with Crippen molar-refractivity contribution >= 4 is 5.78 Å². The maximum Gasteiger partial charge on any atom is 0.231 e. The minimum absolute atomic E-state index is 0.186. The Morgan fingerprint density at radius 1 is 1.00 bits per heavy atom. The van der Waals surface area contributed by atoms with Gasteiger partial charge in [0.2, 0.25) is 6.79 Å². The maximum atomic E-state index is 13.2. The number of aromatic nitrogens is 1. The quantitative estimate of drug-likeness (QED) is 0.570. The fourth-order valence-electron chi connectivity index (χ4n) is 4.11. The zero-order valence-electron chi connectivity index (χ0n) is 17.5. The van der Waals surface area contributed by atoms with Crippen LogP contribution in [0.1, 0.15) is 24.1 Å². The number of ketones is 1. The van der Waals surface area contributed by atoms with Gasteiger partial charge in [0.25, 0.3) is 0 Å². The van der Waals surface area contributed by atoms with Crippen LogP contribution in [-0.4, -0.2) is 31.8 Å². The third kappa shape index (κ3) is 3.48. The average Bonchev–Trinajstić information content (AvgIpc) is 3.50. The van der Waals surface area contributed by atoms with Crippen LogP contribution in [0.3, 0.4) is 0 Å². The Morgan fingerprint density at radius 3 is 2.55 bits per heavy atom. The molecule has 2 aromatic carbocycles. The average molecular weight is 417 g/mol. The van der Waals surface area contributed by atoms with Crippen molar-refractivity contribution < 1.29 is 23.7 Å². The molecule has 0 radical (unpaired) electrons. The molecule has 2 aliphatic rings. The second kappa shape index (κ2) is 7.61. The van der Waals surface area contributed by atoms with Gasteiger partial charge in [-0.3, -0.25) is 9.78 Å². The summed E-state index contributed by atoms with van der Waals surface area (Å²) in [5, 5.41) is 0. The standard InChI is InChI=1S/C25H23NO5/c1-28-19-6-8-21(29-2)20(13-19)16-3-5-18(26-14-16)12-24(27)25(9-10-25)17-4-7-22-23(11-17)31-15-30-22/h3-8,11,13-14H,9-10,12,15H2,1-2H3. The smallest absolute Gasteiger partial charge is 0.231 e. The van der Waals surface area contributed by atoms with Crippen LogP contribution in [0, 0.1) is 0 Å². The highest BCUT2D eigenvalue weighted by atomic mass is 16.7. The van der Waals surface area contributed by atoms with Gasteiger partial charge in [0.15, 0.2) is 11.5 Å². The molecule has 0 unspecified atom stereocenters. The van der Waals surface area contributed by atoms with Gasteiger partial charge in [-0.05, 0) is 54.8 Å². The molecule has 1 aromatic heterocycles. The van der Waals surface area contributed by atoms with E-state index in [2.05, 4.69) is 4.98 Å². The number of ether oxygens (including phenoxy) is 4. The number of methoxy groups -OCH3 is 2. The lowest BCUT2D eigenvalue weighted by Crippen LogP contribution is -2.22. The number of carbonyl (C=O) groups excluding carboxylic acids is 1. The first-order valence-electron chi connectivity index (χ1n) is 10.2. The predicted octanol–water partition coefficient (Wildman–Crippen LogP) is 4.34. The van der Waals surface area contributed by atoms with Gasteiger partial charge >= 0.3 is 0 Å². The number of rotatable bonds is 7. The van der Waals surface area contributed by atoms with E-state index >= 15 is 0 Å². The molecule has 6 nitrogen and oxygen atoms in total. The number of carbonyl (C=O) groups is 1. The van der Waals surface area contributed by atoms with Gasteiger partial charge in [-0.2, -0.15) is 0 Å². The molecule has 0 bridgehead atoms. The van der Waals surface area contributed by atoms with Crippen molar-refractivity contribution in [2.45, 2.75) is 24.7 Å². The fraction of sp³-hybridized carbons (Fsp3) is 0.280. The summed E-state index contributed by atoms with van der Waals surface area (Å²) in [4.78, 5) is 17.7. The van der Waals surface area contributed by atoms with E-state index in [1.54, 1.807) is 20.4 Å². The van der Waals surface area contributed by atoms with Crippen LogP contribution in [0.5, 0.6) is 23.0 Å². The zero-order chi connectivity index (χ0) is 21.4. The number of pyridine rings is 1. The van der Waals surface area contributed by atoms with Gasteiger partial charge in [0.1, 0.15) is 17.3 Å².